The van der Waals surface area contributed by atoms with E-state index in [2.05, 4.69) is 19.9 Å². The largest absolute Gasteiger partial charge is 0.383 e. The van der Waals surface area contributed by atoms with Crippen molar-refractivity contribution in [3.63, 3.8) is 0 Å². The number of rotatable bonds is 5. The van der Waals surface area contributed by atoms with Crippen molar-refractivity contribution in [3.8, 4) is 0 Å². The van der Waals surface area contributed by atoms with Gasteiger partial charge < -0.3 is 14.3 Å². The Morgan fingerprint density at radius 2 is 2.00 bits per heavy atom. The molecule has 4 aromatic rings. The average molecular weight is 372 g/mol. The van der Waals surface area contributed by atoms with Crippen molar-refractivity contribution in [2.75, 3.05) is 13.7 Å². The summed E-state index contributed by atoms with van der Waals surface area (Å²) in [6.45, 7) is 0.832. The second kappa shape index (κ2) is 6.46. The summed E-state index contributed by atoms with van der Waals surface area (Å²) in [4.78, 5) is 38.8. The lowest BCUT2D eigenvalue weighted by molar-refractivity contribution is 0.186. The maximum absolute atomic E-state index is 12.3. The van der Waals surface area contributed by atoms with E-state index in [1.807, 2.05) is 24.3 Å². The van der Waals surface area contributed by atoms with Crippen molar-refractivity contribution in [2.45, 2.75) is 16.9 Å². The molecule has 0 bridgehead atoms. The highest BCUT2D eigenvalue weighted by Gasteiger charge is 2.19. The predicted octanol–water partition coefficient (Wildman–Crippen LogP) is 1.10. The summed E-state index contributed by atoms with van der Waals surface area (Å²) in [5.74, 6) is 0. The van der Waals surface area contributed by atoms with E-state index in [0.29, 0.717) is 34.6 Å². The van der Waals surface area contributed by atoms with Crippen LogP contribution in [0.3, 0.4) is 0 Å². The lowest BCUT2D eigenvalue weighted by Gasteiger charge is -2.06. The van der Waals surface area contributed by atoms with Gasteiger partial charge >= 0.3 is 5.69 Å². The smallest absolute Gasteiger partial charge is 0.329 e. The number of hydrogen-bond acceptors (Lipinski definition) is 6. The van der Waals surface area contributed by atoms with Crippen molar-refractivity contribution in [2.24, 2.45) is 7.05 Å². The second-order valence-corrected chi connectivity index (χ2v) is 6.65. The SMILES string of the molecule is COCCn1c(Sc2nc3ccccc3[nH]2)nc2c1c(=O)[nH]c(=O)n2C. The average Bonchev–Trinajstić information content (AvgIpc) is 3.19. The Kier molecular flexibility index (Phi) is 4.13. The van der Waals surface area contributed by atoms with Crippen LogP contribution in [-0.4, -0.2) is 42.8 Å². The first-order chi connectivity index (χ1) is 12.6. The van der Waals surface area contributed by atoms with E-state index in [1.165, 1.54) is 16.3 Å². The topological polar surface area (TPSA) is 111 Å². The molecule has 0 unspecified atom stereocenters. The predicted molar refractivity (Wildman–Crippen MR) is 97.7 cm³/mol. The number of aromatic amines is 2. The number of methoxy groups -OCH3 is 1. The third-order valence-corrected chi connectivity index (χ3v) is 4.93. The molecule has 26 heavy (non-hydrogen) atoms. The van der Waals surface area contributed by atoms with Crippen LogP contribution in [0.25, 0.3) is 22.2 Å². The molecule has 0 aliphatic carbocycles. The van der Waals surface area contributed by atoms with E-state index in [0.717, 1.165) is 11.0 Å². The van der Waals surface area contributed by atoms with Gasteiger partial charge in [0.1, 0.15) is 0 Å². The molecule has 134 valence electrons. The van der Waals surface area contributed by atoms with Crippen LogP contribution in [0.4, 0.5) is 0 Å². The fourth-order valence-electron chi connectivity index (χ4n) is 2.75. The van der Waals surface area contributed by atoms with Crippen LogP contribution in [0, 0.1) is 0 Å². The number of H-pyrrole nitrogens is 2. The number of fused-ring (bicyclic) bond motifs is 2. The minimum atomic E-state index is -0.501. The Bertz CT molecular complexity index is 1190. The molecule has 0 saturated carbocycles. The fourth-order valence-corrected chi connectivity index (χ4v) is 3.65. The molecule has 0 radical (unpaired) electrons. The number of ether oxygens (including phenoxy) is 1. The van der Waals surface area contributed by atoms with Crippen LogP contribution >= 0.6 is 11.8 Å². The van der Waals surface area contributed by atoms with Crippen LogP contribution in [0.5, 0.6) is 0 Å². The van der Waals surface area contributed by atoms with Crippen molar-refractivity contribution in [3.05, 3.63) is 45.1 Å². The van der Waals surface area contributed by atoms with Crippen LogP contribution in [0.2, 0.25) is 0 Å². The van der Waals surface area contributed by atoms with Crippen LogP contribution in [-0.2, 0) is 18.3 Å². The molecule has 0 fully saturated rings. The number of nitrogens with one attached hydrogen (secondary N) is 2. The minimum Gasteiger partial charge on any atom is -0.383 e. The Hall–Kier alpha value is -2.85. The van der Waals surface area contributed by atoms with E-state index in [4.69, 9.17) is 4.74 Å². The molecule has 2 N–H and O–H groups in total. The van der Waals surface area contributed by atoms with Crippen molar-refractivity contribution < 1.29 is 4.74 Å². The van der Waals surface area contributed by atoms with Crippen LogP contribution < -0.4 is 11.2 Å². The van der Waals surface area contributed by atoms with Gasteiger partial charge in [0.15, 0.2) is 21.5 Å². The zero-order valence-corrected chi connectivity index (χ0v) is 15.0. The monoisotopic (exact) mass is 372 g/mol. The summed E-state index contributed by atoms with van der Waals surface area (Å²) >= 11 is 1.30. The number of benzene rings is 1. The number of nitrogens with zero attached hydrogens (tertiary/aromatic N) is 4. The molecule has 0 atom stereocenters. The third kappa shape index (κ3) is 2.72. The number of imidazole rings is 2. The molecule has 0 saturated heterocycles. The van der Waals surface area contributed by atoms with Gasteiger partial charge in [-0.05, 0) is 23.9 Å². The number of aryl methyl sites for hydroxylation is 1. The normalized spacial score (nSPS) is 11.6. The van der Waals surface area contributed by atoms with E-state index in [9.17, 15) is 9.59 Å². The Balaban J connectivity index is 1.87. The first-order valence-corrected chi connectivity index (χ1v) is 8.71. The molecule has 4 rings (SSSR count). The molecule has 9 nitrogen and oxygen atoms in total. The van der Waals surface area contributed by atoms with Gasteiger partial charge in [0.05, 0.1) is 17.6 Å². The zero-order chi connectivity index (χ0) is 18.3. The molecule has 0 spiro atoms. The maximum atomic E-state index is 12.3. The zero-order valence-electron chi connectivity index (χ0n) is 14.1. The lowest BCUT2D eigenvalue weighted by Crippen LogP contribution is -2.29. The number of hydrogen-bond donors (Lipinski definition) is 2. The van der Waals surface area contributed by atoms with E-state index in [1.54, 1.807) is 18.7 Å². The molecular formula is C16H16N6O3S. The summed E-state index contributed by atoms with van der Waals surface area (Å²) in [7, 11) is 3.16. The Labute approximate surface area is 151 Å². The van der Waals surface area contributed by atoms with Crippen LogP contribution in [0.15, 0.2) is 44.2 Å². The summed E-state index contributed by atoms with van der Waals surface area (Å²) in [6, 6.07) is 7.70. The van der Waals surface area contributed by atoms with E-state index >= 15 is 0 Å². The summed E-state index contributed by atoms with van der Waals surface area (Å²) in [6.07, 6.45) is 0. The minimum absolute atomic E-state index is 0.327. The first-order valence-electron chi connectivity index (χ1n) is 7.89. The van der Waals surface area contributed by atoms with Gasteiger partial charge in [-0.15, -0.1) is 0 Å². The van der Waals surface area contributed by atoms with Gasteiger partial charge in [0.25, 0.3) is 5.56 Å². The first kappa shape index (κ1) is 16.6. The Morgan fingerprint density at radius 1 is 1.19 bits per heavy atom. The summed E-state index contributed by atoms with van der Waals surface area (Å²) in [5.41, 5.74) is 1.46. The van der Waals surface area contributed by atoms with Gasteiger partial charge in [-0.3, -0.25) is 14.3 Å². The molecule has 0 amide bonds. The standard InChI is InChI=1S/C16H16N6O3S/c1-21-12-11(13(23)20-15(21)24)22(7-8-25-2)16(19-12)26-14-17-9-5-3-4-6-10(9)18-14/h3-6H,7-8H2,1-2H3,(H,17,18)(H,20,23,24). The molecule has 3 heterocycles. The van der Waals surface area contributed by atoms with Gasteiger partial charge in [-0.2, -0.15) is 0 Å². The molecule has 3 aromatic heterocycles. The second-order valence-electron chi connectivity index (χ2n) is 5.69. The van der Waals surface area contributed by atoms with Crippen molar-refractivity contribution in [1.82, 2.24) is 29.1 Å². The molecule has 1 aromatic carbocycles. The van der Waals surface area contributed by atoms with Crippen molar-refractivity contribution >= 4 is 34.0 Å². The molecule has 10 heteroatoms. The van der Waals surface area contributed by atoms with Gasteiger partial charge in [-0.25, -0.2) is 14.8 Å². The van der Waals surface area contributed by atoms with Crippen molar-refractivity contribution in [1.29, 1.82) is 0 Å². The van der Waals surface area contributed by atoms with Gasteiger partial charge in [0, 0.05) is 20.7 Å². The molecule has 0 aliphatic heterocycles. The van der Waals surface area contributed by atoms with Gasteiger partial charge in [-0.1, -0.05) is 12.1 Å². The number of para-hydroxylation sites is 2. The molecule has 0 aliphatic rings. The van der Waals surface area contributed by atoms with E-state index in [-0.39, 0.29) is 0 Å². The summed E-state index contributed by atoms with van der Waals surface area (Å²) < 4.78 is 8.22. The summed E-state index contributed by atoms with van der Waals surface area (Å²) in [5, 5.41) is 1.21. The quantitative estimate of drug-likeness (QED) is 0.543. The maximum Gasteiger partial charge on any atom is 0.329 e. The highest BCUT2D eigenvalue weighted by atomic mass is 32.2. The number of aromatic nitrogens is 6. The Morgan fingerprint density at radius 3 is 2.77 bits per heavy atom. The fraction of sp³-hybridized carbons (Fsp3) is 0.250. The molecular weight excluding hydrogens is 356 g/mol. The highest BCUT2D eigenvalue weighted by molar-refractivity contribution is 7.99. The van der Waals surface area contributed by atoms with E-state index < -0.39 is 11.2 Å². The lowest BCUT2D eigenvalue weighted by atomic mass is 10.3. The third-order valence-electron chi connectivity index (χ3n) is 4.05. The van der Waals surface area contributed by atoms with Gasteiger partial charge in [0.2, 0.25) is 0 Å². The highest BCUT2D eigenvalue weighted by Crippen LogP contribution is 2.28. The van der Waals surface area contributed by atoms with Crippen LogP contribution in [0.1, 0.15) is 0 Å².